The number of hydrogen-bond donors (Lipinski definition) is 1. The number of carbonyl (C=O) groups is 1. The van der Waals surface area contributed by atoms with Crippen molar-refractivity contribution >= 4 is 5.91 Å². The highest BCUT2D eigenvalue weighted by atomic mass is 19.1. The summed E-state index contributed by atoms with van der Waals surface area (Å²) in [5.41, 5.74) is 0.0529. The molecule has 0 unspecified atom stereocenters. The van der Waals surface area contributed by atoms with E-state index in [-0.39, 0.29) is 35.7 Å². The number of methoxy groups -OCH3 is 1. The van der Waals surface area contributed by atoms with E-state index in [1.165, 1.54) is 19.2 Å². The Bertz CT molecular complexity index is 511. The summed E-state index contributed by atoms with van der Waals surface area (Å²) in [6.45, 7) is 1.54. The molecular weight excluding hydrogens is 266 g/mol. The molecule has 0 radical (unpaired) electrons. The van der Waals surface area contributed by atoms with Crippen molar-refractivity contribution < 1.29 is 18.3 Å². The Kier molecular flexibility index (Phi) is 3.33. The Morgan fingerprint density at radius 3 is 2.65 bits per heavy atom. The van der Waals surface area contributed by atoms with Gasteiger partial charge in [-0.2, -0.15) is 0 Å². The molecule has 2 saturated heterocycles. The van der Waals surface area contributed by atoms with E-state index < -0.39 is 11.6 Å². The largest absolute Gasteiger partial charge is 0.497 e. The summed E-state index contributed by atoms with van der Waals surface area (Å²) in [5, 5.41) is 2.89. The molecule has 4 nitrogen and oxygen atoms in total. The maximum atomic E-state index is 13.9. The van der Waals surface area contributed by atoms with Crippen molar-refractivity contribution in [1.82, 2.24) is 10.2 Å². The van der Waals surface area contributed by atoms with Crippen LogP contribution in [0.3, 0.4) is 0 Å². The van der Waals surface area contributed by atoms with E-state index in [2.05, 4.69) is 5.32 Å². The molecular formula is C14H16F2N2O2. The quantitative estimate of drug-likeness (QED) is 0.908. The number of benzene rings is 1. The lowest BCUT2D eigenvalue weighted by molar-refractivity contribution is -0.119. The summed E-state index contributed by atoms with van der Waals surface area (Å²) < 4.78 is 32.6. The maximum Gasteiger partial charge on any atom is 0.220 e. The lowest BCUT2D eigenvalue weighted by Gasteiger charge is -2.18. The molecule has 1 aromatic rings. The van der Waals surface area contributed by atoms with Crippen LogP contribution in [0, 0.1) is 17.6 Å². The van der Waals surface area contributed by atoms with Gasteiger partial charge >= 0.3 is 0 Å². The predicted octanol–water partition coefficient (Wildman–Crippen LogP) is 1.29. The van der Waals surface area contributed by atoms with Gasteiger partial charge in [0.1, 0.15) is 17.4 Å². The highest BCUT2D eigenvalue weighted by molar-refractivity contribution is 5.79. The van der Waals surface area contributed by atoms with Gasteiger partial charge in [0.05, 0.1) is 7.11 Å². The van der Waals surface area contributed by atoms with Crippen molar-refractivity contribution in [3.63, 3.8) is 0 Å². The Morgan fingerprint density at radius 2 is 2.05 bits per heavy atom. The summed E-state index contributed by atoms with van der Waals surface area (Å²) in [6, 6.07) is 2.50. The molecule has 2 aliphatic heterocycles. The second kappa shape index (κ2) is 5.01. The molecule has 1 N–H and O–H groups in total. The van der Waals surface area contributed by atoms with Gasteiger partial charge in [-0.15, -0.1) is 0 Å². The average molecular weight is 282 g/mol. The number of nitrogens with zero attached hydrogens (tertiary/aromatic N) is 1. The molecule has 108 valence electrons. The van der Waals surface area contributed by atoms with Gasteiger partial charge in [0.25, 0.3) is 0 Å². The number of amides is 1. The first-order chi connectivity index (χ1) is 9.56. The molecule has 20 heavy (non-hydrogen) atoms. The molecule has 6 heteroatoms. The molecule has 2 heterocycles. The molecule has 0 spiro atoms. The second-order valence-corrected chi connectivity index (χ2v) is 5.40. The van der Waals surface area contributed by atoms with Gasteiger partial charge in [0.2, 0.25) is 5.91 Å². The summed E-state index contributed by atoms with van der Waals surface area (Å²) in [4.78, 5) is 13.2. The van der Waals surface area contributed by atoms with E-state index in [1.807, 2.05) is 4.90 Å². The van der Waals surface area contributed by atoms with Crippen molar-refractivity contribution in [3.8, 4) is 5.75 Å². The number of nitrogens with one attached hydrogen (secondary N) is 1. The zero-order chi connectivity index (χ0) is 14.3. The Balaban J connectivity index is 1.72. The van der Waals surface area contributed by atoms with Gasteiger partial charge in [-0.25, -0.2) is 8.78 Å². The van der Waals surface area contributed by atoms with Crippen LogP contribution in [0.25, 0.3) is 0 Å². The minimum Gasteiger partial charge on any atom is -0.497 e. The van der Waals surface area contributed by atoms with Crippen LogP contribution < -0.4 is 10.1 Å². The number of carbonyl (C=O) groups excluding carboxylic acids is 1. The lowest BCUT2D eigenvalue weighted by atomic mass is 10.1. The van der Waals surface area contributed by atoms with E-state index in [1.54, 1.807) is 0 Å². The van der Waals surface area contributed by atoms with Crippen molar-refractivity contribution in [3.05, 3.63) is 29.3 Å². The van der Waals surface area contributed by atoms with Crippen LogP contribution in [0.15, 0.2) is 12.1 Å². The van der Waals surface area contributed by atoms with Gasteiger partial charge in [-0.3, -0.25) is 9.69 Å². The number of halogens is 2. The first-order valence-electron chi connectivity index (χ1n) is 6.60. The van der Waals surface area contributed by atoms with Gasteiger partial charge in [-0.05, 0) is 0 Å². The molecule has 3 rings (SSSR count). The number of rotatable bonds is 3. The van der Waals surface area contributed by atoms with Crippen LogP contribution in [0.4, 0.5) is 8.78 Å². The third-order valence-corrected chi connectivity index (χ3v) is 4.04. The van der Waals surface area contributed by atoms with Gasteiger partial charge in [0.15, 0.2) is 0 Å². The first-order valence-corrected chi connectivity index (χ1v) is 6.60. The van der Waals surface area contributed by atoms with Gasteiger partial charge in [-0.1, -0.05) is 0 Å². The molecule has 2 aliphatic rings. The second-order valence-electron chi connectivity index (χ2n) is 5.40. The molecule has 0 aromatic heterocycles. The topological polar surface area (TPSA) is 41.6 Å². The van der Waals surface area contributed by atoms with Crippen LogP contribution in [0.2, 0.25) is 0 Å². The fourth-order valence-corrected chi connectivity index (χ4v) is 3.04. The zero-order valence-electron chi connectivity index (χ0n) is 11.2. The van der Waals surface area contributed by atoms with Crippen molar-refractivity contribution in [1.29, 1.82) is 0 Å². The van der Waals surface area contributed by atoms with Gasteiger partial charge < -0.3 is 10.1 Å². The van der Waals surface area contributed by atoms with Crippen LogP contribution in [-0.2, 0) is 11.3 Å². The van der Waals surface area contributed by atoms with Crippen LogP contribution in [0.5, 0.6) is 5.75 Å². The van der Waals surface area contributed by atoms with Crippen LogP contribution >= 0.6 is 0 Å². The predicted molar refractivity (Wildman–Crippen MR) is 68.2 cm³/mol. The zero-order valence-corrected chi connectivity index (χ0v) is 11.2. The van der Waals surface area contributed by atoms with E-state index in [9.17, 15) is 13.6 Å². The minimum absolute atomic E-state index is 0.0529. The Labute approximate surface area is 115 Å². The third kappa shape index (κ3) is 2.35. The Hall–Kier alpha value is -1.69. The van der Waals surface area contributed by atoms with E-state index in [0.717, 1.165) is 0 Å². The smallest absolute Gasteiger partial charge is 0.220 e. The molecule has 1 aromatic carbocycles. The SMILES string of the molecule is COc1cc(F)c(CN2C[C@@H]3CC(=O)N[C@@H]3C2)c(F)c1. The monoisotopic (exact) mass is 282 g/mol. The average Bonchev–Trinajstić information content (AvgIpc) is 2.90. The molecule has 2 atom stereocenters. The summed E-state index contributed by atoms with van der Waals surface area (Å²) in [6.07, 6.45) is 0.509. The maximum absolute atomic E-state index is 13.9. The molecule has 0 aliphatic carbocycles. The standard InChI is InChI=1S/C14H16F2N2O2/c1-20-9-3-11(15)10(12(16)4-9)6-18-5-8-2-14(19)17-13(8)7-18/h3-4,8,13H,2,5-7H2,1H3,(H,17,19)/t8-,13+/m0/s1. The van der Waals surface area contributed by atoms with E-state index >= 15 is 0 Å². The summed E-state index contributed by atoms with van der Waals surface area (Å²) >= 11 is 0. The molecule has 2 fully saturated rings. The lowest BCUT2D eigenvalue weighted by Crippen LogP contribution is -2.32. The first kappa shape index (κ1) is 13.3. The van der Waals surface area contributed by atoms with Crippen molar-refractivity contribution in [2.24, 2.45) is 5.92 Å². The minimum atomic E-state index is -0.594. The third-order valence-electron chi connectivity index (χ3n) is 4.04. The molecule has 1 amide bonds. The molecule has 0 saturated carbocycles. The van der Waals surface area contributed by atoms with E-state index in [4.69, 9.17) is 4.74 Å². The normalized spacial score (nSPS) is 25.6. The number of hydrogen-bond acceptors (Lipinski definition) is 3. The number of likely N-dealkylation sites (tertiary alicyclic amines) is 1. The van der Waals surface area contributed by atoms with Crippen LogP contribution in [0.1, 0.15) is 12.0 Å². The van der Waals surface area contributed by atoms with Crippen molar-refractivity contribution in [2.45, 2.75) is 19.0 Å². The highest BCUT2D eigenvalue weighted by Gasteiger charge is 2.40. The highest BCUT2D eigenvalue weighted by Crippen LogP contribution is 2.28. The van der Waals surface area contributed by atoms with Crippen LogP contribution in [-0.4, -0.2) is 37.0 Å². The fraction of sp³-hybridized carbons (Fsp3) is 0.500. The summed E-state index contributed by atoms with van der Waals surface area (Å²) in [5.74, 6) is -0.687. The van der Waals surface area contributed by atoms with E-state index in [0.29, 0.717) is 19.5 Å². The number of fused-ring (bicyclic) bond motifs is 1. The van der Waals surface area contributed by atoms with Crippen molar-refractivity contribution in [2.75, 3.05) is 20.2 Å². The summed E-state index contributed by atoms with van der Waals surface area (Å²) in [7, 11) is 1.37. The number of ether oxygens (including phenoxy) is 1. The molecule has 0 bridgehead atoms. The fourth-order valence-electron chi connectivity index (χ4n) is 3.04. The van der Waals surface area contributed by atoms with Gasteiger partial charge in [0, 0.05) is 55.7 Å². The Morgan fingerprint density at radius 1 is 1.35 bits per heavy atom.